The van der Waals surface area contributed by atoms with Gasteiger partial charge < -0.3 is 19.3 Å². The number of carbonyl (C=O) groups excluding carboxylic acids is 1. The molecule has 0 N–H and O–H groups in total. The van der Waals surface area contributed by atoms with Gasteiger partial charge in [0.15, 0.2) is 11.5 Å². The fraction of sp³-hybridized carbons (Fsp3) is 0.450. The number of alkyl halides is 3. The summed E-state index contributed by atoms with van der Waals surface area (Å²) in [5.41, 5.74) is -0.280. The molecule has 2 aliphatic heterocycles. The van der Waals surface area contributed by atoms with Gasteiger partial charge in [-0.3, -0.25) is 4.79 Å². The molecule has 160 valence electrons. The third kappa shape index (κ3) is 6.14. The first-order valence-corrected chi connectivity index (χ1v) is 9.15. The molecule has 0 aromatic heterocycles. The Hall–Kier alpha value is -2.19. The first-order valence-electron chi connectivity index (χ1n) is 9.15. The van der Waals surface area contributed by atoms with E-state index >= 15 is 0 Å². The van der Waals surface area contributed by atoms with Crippen LogP contribution in [0.15, 0.2) is 36.4 Å². The van der Waals surface area contributed by atoms with Crippen molar-refractivity contribution in [3.8, 4) is 11.5 Å². The van der Waals surface area contributed by atoms with Gasteiger partial charge in [-0.25, -0.2) is 0 Å². The molecule has 29 heavy (non-hydrogen) atoms. The van der Waals surface area contributed by atoms with Crippen LogP contribution >= 0.6 is 12.4 Å². The summed E-state index contributed by atoms with van der Waals surface area (Å²) in [4.78, 5) is 16.0. The summed E-state index contributed by atoms with van der Waals surface area (Å²) in [5, 5.41) is 0. The lowest BCUT2D eigenvalue weighted by atomic mass is 10.0. The normalized spacial score (nSPS) is 17.2. The number of halogens is 4. The summed E-state index contributed by atoms with van der Waals surface area (Å²) >= 11 is 0. The molecule has 0 atom stereocenters. The van der Waals surface area contributed by atoms with E-state index in [0.717, 1.165) is 32.2 Å². The van der Waals surface area contributed by atoms with Crippen LogP contribution in [-0.4, -0.2) is 55.7 Å². The number of allylic oxidation sites excluding steroid dienone is 3. The van der Waals surface area contributed by atoms with Gasteiger partial charge in [0.25, 0.3) is 0 Å². The van der Waals surface area contributed by atoms with Crippen molar-refractivity contribution in [3.05, 3.63) is 47.6 Å². The Balaban J connectivity index is 0.00000300. The molecule has 1 saturated heterocycles. The number of hydrogen-bond acceptors (Lipinski definition) is 4. The van der Waals surface area contributed by atoms with E-state index in [1.54, 1.807) is 23.1 Å². The van der Waals surface area contributed by atoms with Crippen molar-refractivity contribution in [2.75, 3.05) is 40.0 Å². The Morgan fingerprint density at radius 1 is 1.14 bits per heavy atom. The van der Waals surface area contributed by atoms with Crippen LogP contribution in [-0.2, 0) is 17.4 Å². The van der Waals surface area contributed by atoms with Crippen LogP contribution in [0, 0.1) is 0 Å². The van der Waals surface area contributed by atoms with Crippen molar-refractivity contribution in [1.29, 1.82) is 0 Å². The smallest absolute Gasteiger partial charge is 0.420 e. The number of likely N-dealkylation sites (N-methyl/N-ethyl adjacent to an activating group) is 1. The highest BCUT2D eigenvalue weighted by atomic mass is 35.5. The van der Waals surface area contributed by atoms with Crippen molar-refractivity contribution in [2.24, 2.45) is 0 Å². The topological polar surface area (TPSA) is 42.0 Å². The second-order valence-electron chi connectivity index (χ2n) is 6.83. The number of ether oxygens (including phenoxy) is 2. The van der Waals surface area contributed by atoms with Gasteiger partial charge in [-0.15, -0.1) is 12.4 Å². The van der Waals surface area contributed by atoms with Crippen LogP contribution in [0.5, 0.6) is 11.5 Å². The maximum atomic E-state index is 13.2. The molecule has 1 aromatic carbocycles. The third-order valence-electron chi connectivity index (χ3n) is 4.74. The molecule has 0 spiro atoms. The minimum atomic E-state index is -4.49. The van der Waals surface area contributed by atoms with Crippen LogP contribution < -0.4 is 9.47 Å². The Morgan fingerprint density at radius 2 is 1.86 bits per heavy atom. The molecule has 2 aliphatic rings. The first kappa shape index (κ1) is 23.1. The van der Waals surface area contributed by atoms with E-state index in [-0.39, 0.29) is 36.6 Å². The van der Waals surface area contributed by atoms with Crippen LogP contribution in [0.4, 0.5) is 13.2 Å². The van der Waals surface area contributed by atoms with Gasteiger partial charge in [0.1, 0.15) is 5.56 Å². The number of carbonyl (C=O) groups is 1. The predicted octanol–water partition coefficient (Wildman–Crippen LogP) is 3.67. The zero-order valence-electron chi connectivity index (χ0n) is 16.1. The molecule has 0 radical (unpaired) electrons. The summed E-state index contributed by atoms with van der Waals surface area (Å²) in [6.07, 6.45) is 3.24. The van der Waals surface area contributed by atoms with Gasteiger partial charge in [-0.2, -0.15) is 13.2 Å². The first-order chi connectivity index (χ1) is 13.3. The van der Waals surface area contributed by atoms with Crippen LogP contribution in [0.1, 0.15) is 17.5 Å². The van der Waals surface area contributed by atoms with E-state index in [9.17, 15) is 18.0 Å². The lowest BCUT2D eigenvalue weighted by molar-refractivity contribution is -0.138. The molecule has 1 aromatic rings. The van der Waals surface area contributed by atoms with E-state index < -0.39 is 11.7 Å². The molecule has 2 heterocycles. The fourth-order valence-corrected chi connectivity index (χ4v) is 3.12. The maximum absolute atomic E-state index is 13.2. The van der Waals surface area contributed by atoms with Crippen LogP contribution in [0.3, 0.4) is 0 Å². The Bertz CT molecular complexity index is 773. The molecule has 0 bridgehead atoms. The zero-order chi connectivity index (χ0) is 20.1. The van der Waals surface area contributed by atoms with E-state index in [1.165, 1.54) is 6.08 Å². The SMILES string of the molecule is CN1CCN(C(=O)/C=C/C=C/CCc2cc3c(c(C(F)(F)F)c2)OCO3)CC1.Cl. The third-order valence-corrected chi connectivity index (χ3v) is 4.74. The summed E-state index contributed by atoms with van der Waals surface area (Å²) in [7, 11) is 2.03. The number of nitrogens with zero attached hydrogens (tertiary/aromatic N) is 2. The van der Waals surface area contributed by atoms with E-state index in [2.05, 4.69) is 4.90 Å². The average Bonchev–Trinajstić information content (AvgIpc) is 3.11. The van der Waals surface area contributed by atoms with E-state index in [0.29, 0.717) is 18.4 Å². The average molecular weight is 433 g/mol. The van der Waals surface area contributed by atoms with Crippen molar-refractivity contribution in [2.45, 2.75) is 19.0 Å². The van der Waals surface area contributed by atoms with Gasteiger partial charge in [0, 0.05) is 32.3 Å². The highest BCUT2D eigenvalue weighted by Crippen LogP contribution is 2.45. The number of aryl methyl sites for hydroxylation is 1. The zero-order valence-corrected chi connectivity index (χ0v) is 16.9. The minimum absolute atomic E-state index is 0. The molecule has 3 rings (SSSR count). The van der Waals surface area contributed by atoms with Gasteiger partial charge in [0.2, 0.25) is 12.7 Å². The molecule has 0 saturated carbocycles. The van der Waals surface area contributed by atoms with Gasteiger partial charge in [-0.1, -0.05) is 18.2 Å². The largest absolute Gasteiger partial charge is 0.454 e. The molecule has 1 amide bonds. The molecular weight excluding hydrogens is 409 g/mol. The summed E-state index contributed by atoms with van der Waals surface area (Å²) < 4.78 is 49.6. The lowest BCUT2D eigenvalue weighted by Gasteiger charge is -2.31. The number of fused-ring (bicyclic) bond motifs is 1. The quantitative estimate of drug-likeness (QED) is 0.526. The van der Waals surface area contributed by atoms with Crippen molar-refractivity contribution in [3.63, 3.8) is 0 Å². The number of rotatable bonds is 5. The maximum Gasteiger partial charge on any atom is 0.420 e. The Kier molecular flexibility index (Phi) is 7.98. The highest BCUT2D eigenvalue weighted by molar-refractivity contribution is 5.87. The molecule has 1 fully saturated rings. The molecule has 0 unspecified atom stereocenters. The van der Waals surface area contributed by atoms with E-state index in [4.69, 9.17) is 9.47 Å². The van der Waals surface area contributed by atoms with Crippen molar-refractivity contribution < 1.29 is 27.4 Å². The standard InChI is InChI=1S/C20H23F3N2O3.ClH/c1-24-8-10-25(11-9-24)18(26)7-5-3-2-4-6-15-12-16(20(21,22)23)19-17(13-15)27-14-28-19;/h2-3,5,7,12-13H,4,6,8-11,14H2,1H3;1H/b3-2+,7-5+;. The Morgan fingerprint density at radius 3 is 2.55 bits per heavy atom. The minimum Gasteiger partial charge on any atom is -0.454 e. The molecule has 9 heteroatoms. The number of benzene rings is 1. The van der Waals surface area contributed by atoms with Crippen LogP contribution in [0.25, 0.3) is 0 Å². The predicted molar refractivity (Wildman–Crippen MR) is 105 cm³/mol. The molecule has 5 nitrogen and oxygen atoms in total. The molecule has 0 aliphatic carbocycles. The van der Waals surface area contributed by atoms with Gasteiger partial charge in [-0.05, 0) is 37.6 Å². The monoisotopic (exact) mass is 432 g/mol. The summed E-state index contributed by atoms with van der Waals surface area (Å²) in [5.74, 6) is -0.132. The van der Waals surface area contributed by atoms with Gasteiger partial charge in [0.05, 0.1) is 0 Å². The fourth-order valence-electron chi connectivity index (χ4n) is 3.12. The van der Waals surface area contributed by atoms with E-state index in [1.807, 2.05) is 13.1 Å². The van der Waals surface area contributed by atoms with Crippen molar-refractivity contribution in [1.82, 2.24) is 9.80 Å². The number of piperazine rings is 1. The second-order valence-corrected chi connectivity index (χ2v) is 6.83. The lowest BCUT2D eigenvalue weighted by Crippen LogP contribution is -2.46. The summed E-state index contributed by atoms with van der Waals surface area (Å²) in [6.45, 7) is 2.97. The summed E-state index contributed by atoms with van der Waals surface area (Å²) in [6, 6.07) is 2.69. The molecular formula is C20H24ClF3N2O3. The highest BCUT2D eigenvalue weighted by Gasteiger charge is 2.38. The van der Waals surface area contributed by atoms with Crippen LogP contribution in [0.2, 0.25) is 0 Å². The van der Waals surface area contributed by atoms with Gasteiger partial charge >= 0.3 is 6.18 Å². The van der Waals surface area contributed by atoms with Crippen molar-refractivity contribution >= 4 is 18.3 Å². The number of hydrogen-bond donors (Lipinski definition) is 0. The second kappa shape index (κ2) is 10.0. The Labute approximate surface area is 174 Å². The number of amides is 1.